The third kappa shape index (κ3) is 13.0. The molecule has 0 spiro atoms. The topological polar surface area (TPSA) is 205 Å². The second-order valence-electron chi connectivity index (χ2n) is 14.2. The quantitative estimate of drug-likeness (QED) is 0.0401. The molecule has 1 unspecified atom stereocenters. The van der Waals surface area contributed by atoms with E-state index < -0.39 is 78.3 Å². The Morgan fingerprint density at radius 2 is 1.67 bits per heavy atom. The van der Waals surface area contributed by atoms with Gasteiger partial charge in [-0.1, -0.05) is 102 Å². The van der Waals surface area contributed by atoms with Crippen LogP contribution >= 0.6 is 19.2 Å². The zero-order valence-electron chi connectivity index (χ0n) is 31.6. The number of unbranched alkanes of at least 4 members (excludes halogenated alkanes) is 11. The van der Waals surface area contributed by atoms with E-state index in [1.165, 1.54) is 87.8 Å². The van der Waals surface area contributed by atoms with Gasteiger partial charge in [0.25, 0.3) is 0 Å². The van der Waals surface area contributed by atoms with E-state index in [0.717, 1.165) is 6.92 Å². The Balaban J connectivity index is 0.000000410. The van der Waals surface area contributed by atoms with Crippen molar-refractivity contribution in [3.8, 4) is 6.07 Å². The predicted molar refractivity (Wildman–Crippen MR) is 203 cm³/mol. The Labute approximate surface area is 327 Å². The van der Waals surface area contributed by atoms with Crippen LogP contribution in [0.4, 0.5) is 14.9 Å². The van der Waals surface area contributed by atoms with Crippen LogP contribution in [0.1, 0.15) is 122 Å². The molecule has 5 atom stereocenters. The highest BCUT2D eigenvalue weighted by Gasteiger charge is 2.56. The van der Waals surface area contributed by atoms with Crippen molar-refractivity contribution in [2.24, 2.45) is 0 Å². The van der Waals surface area contributed by atoms with Gasteiger partial charge in [-0.2, -0.15) is 5.26 Å². The molecule has 0 aromatic carbocycles. The number of rotatable bonds is 21. The second kappa shape index (κ2) is 21.0. The number of nitrogens with one attached hydrogen (secondary N) is 1. The van der Waals surface area contributed by atoms with Crippen molar-refractivity contribution in [1.82, 2.24) is 9.55 Å². The summed E-state index contributed by atoms with van der Waals surface area (Å²) in [5.74, 6) is -1.66. The number of pyridine rings is 1. The minimum Gasteiger partial charge on any atom is -0.438 e. The summed E-state index contributed by atoms with van der Waals surface area (Å²) in [6.07, 6.45) is 12.6. The summed E-state index contributed by atoms with van der Waals surface area (Å²) >= 11 is 6.30. The molecule has 2 N–H and O–H groups in total. The fraction of sp³-hybridized carbons (Fsp3) is 0.722. The van der Waals surface area contributed by atoms with E-state index in [1.807, 2.05) is 6.07 Å². The molecule has 2 aliphatic heterocycles. The zero-order chi connectivity index (χ0) is 40.2. The molecule has 308 valence electrons. The van der Waals surface area contributed by atoms with Gasteiger partial charge in [-0.05, 0) is 18.9 Å². The molecule has 3 aliphatic rings. The number of aromatic nitrogens is 2. The highest BCUT2D eigenvalue weighted by atomic mass is 35.5. The molecule has 0 radical (unpaired) electrons. The van der Waals surface area contributed by atoms with Crippen LogP contribution < -0.4 is 5.32 Å². The summed E-state index contributed by atoms with van der Waals surface area (Å²) in [6, 6.07) is 3.35. The number of alkyl halides is 1. The van der Waals surface area contributed by atoms with Gasteiger partial charge >= 0.3 is 19.7 Å². The molecule has 5 rings (SSSR count). The largest absolute Gasteiger partial charge is 0.509 e. The first kappa shape index (κ1) is 44.7. The Morgan fingerprint density at radius 3 is 2.22 bits per heavy atom. The number of fused-ring (bicyclic) bond motifs is 2. The van der Waals surface area contributed by atoms with Crippen molar-refractivity contribution in [2.45, 2.75) is 147 Å². The standard InChI is InChI=1S/C22H23ClFN4O11PS.C14H30/c1-10(29)35-8-36-40(31,32)9-41(33,34)7-15-17-18(39-22(30)38-17)21(37-15)28-3-2-13-16(26-12-4-11(24)5-12)14(6-25)19(23)27-20(13)28;1-3-5-7-9-11-13-14-12-10-8-6-4-2/h2-3,11-12,15,17-18,21H,4-5,7-9H2,1H3,(H,26,27)(H,31,32);3-14H2,1-2H3/t11?,12?,15-,17-,18-,21-;/m1./s1. The summed E-state index contributed by atoms with van der Waals surface area (Å²) in [4.78, 5) is 37.0. The number of hydrogen-bond donors (Lipinski definition) is 2. The number of halogens is 2. The number of esters is 1. The number of sulfone groups is 1. The lowest BCUT2D eigenvalue weighted by molar-refractivity contribution is -0.147. The molecule has 1 saturated carbocycles. The van der Waals surface area contributed by atoms with Crippen molar-refractivity contribution >= 4 is 57.9 Å². The second-order valence-corrected chi connectivity index (χ2v) is 19.0. The summed E-state index contributed by atoms with van der Waals surface area (Å²) in [6.45, 7) is 4.68. The van der Waals surface area contributed by atoms with Crippen LogP contribution in [-0.2, 0) is 42.7 Å². The number of carbonyl (C=O) groups is 2. The van der Waals surface area contributed by atoms with Crippen LogP contribution in [0.25, 0.3) is 11.0 Å². The number of ether oxygens (including phenoxy) is 4. The maximum Gasteiger partial charge on any atom is 0.509 e. The summed E-state index contributed by atoms with van der Waals surface area (Å²) < 4.78 is 78.0. The zero-order valence-corrected chi connectivity index (χ0v) is 34.1. The molecule has 15 nitrogen and oxygen atoms in total. The number of hydrogen-bond acceptors (Lipinski definition) is 13. The third-order valence-corrected chi connectivity index (χ3v) is 14.1. The monoisotopic (exact) mass is 834 g/mol. The maximum atomic E-state index is 13.4. The SMILES string of the molecule is CC(=O)OCOP(=O)(O)CS(=O)(=O)C[C@H]1O[C@@H](n2ccc3c(NC4CC(F)C4)c(C#N)c(Cl)nc32)[C@@H]2OC(=O)O[C@@H]21.CCCCCCCCCCCCCC. The van der Waals surface area contributed by atoms with E-state index in [0.29, 0.717) is 11.1 Å². The van der Waals surface area contributed by atoms with Crippen molar-refractivity contribution in [3.63, 3.8) is 0 Å². The Morgan fingerprint density at radius 1 is 1.09 bits per heavy atom. The van der Waals surface area contributed by atoms with Crippen molar-refractivity contribution < 1.29 is 55.3 Å². The summed E-state index contributed by atoms with van der Waals surface area (Å²) in [5.41, 5.74) is -0.747. The van der Waals surface area contributed by atoms with Gasteiger partial charge < -0.3 is 33.7 Å². The molecule has 2 saturated heterocycles. The molecule has 2 aromatic rings. The minimum absolute atomic E-state index is 0.0494. The normalized spacial score (nSPS) is 24.1. The van der Waals surface area contributed by atoms with Gasteiger partial charge in [-0.3, -0.25) is 13.9 Å². The van der Waals surface area contributed by atoms with Crippen LogP contribution in [0.3, 0.4) is 0 Å². The van der Waals surface area contributed by atoms with Crippen LogP contribution in [-0.4, -0.2) is 83.6 Å². The average molecular weight is 835 g/mol. The molecule has 4 heterocycles. The Hall–Kier alpha value is -3.00. The van der Waals surface area contributed by atoms with Crippen LogP contribution in [0.2, 0.25) is 5.15 Å². The van der Waals surface area contributed by atoms with Gasteiger partial charge in [-0.25, -0.2) is 22.6 Å². The van der Waals surface area contributed by atoms with Crippen molar-refractivity contribution in [1.29, 1.82) is 5.26 Å². The molecular weight excluding hydrogens is 782 g/mol. The van der Waals surface area contributed by atoms with Crippen LogP contribution in [0.5, 0.6) is 0 Å². The minimum atomic E-state index is -4.74. The lowest BCUT2D eigenvalue weighted by Gasteiger charge is -2.31. The molecule has 1 aliphatic carbocycles. The number of nitriles is 1. The molecule has 0 amide bonds. The van der Waals surface area contributed by atoms with Gasteiger partial charge in [0.2, 0.25) is 6.79 Å². The van der Waals surface area contributed by atoms with Crippen LogP contribution in [0, 0.1) is 11.3 Å². The van der Waals surface area contributed by atoms with Crippen molar-refractivity contribution in [2.75, 3.05) is 23.4 Å². The maximum absolute atomic E-state index is 13.4. The summed E-state index contributed by atoms with van der Waals surface area (Å²) in [5, 5.41) is 13.1. The predicted octanol–water partition coefficient (Wildman–Crippen LogP) is 8.08. The van der Waals surface area contributed by atoms with E-state index in [1.54, 1.807) is 6.07 Å². The first-order valence-electron chi connectivity index (χ1n) is 19.0. The highest BCUT2D eigenvalue weighted by molar-refractivity contribution is 7.97. The molecule has 55 heavy (non-hydrogen) atoms. The first-order valence-corrected chi connectivity index (χ1v) is 23.0. The van der Waals surface area contributed by atoms with Gasteiger partial charge in [0.1, 0.15) is 29.6 Å². The fourth-order valence-electron chi connectivity index (χ4n) is 6.75. The van der Waals surface area contributed by atoms with Gasteiger partial charge in [-0.15, -0.1) is 0 Å². The molecule has 19 heteroatoms. The number of nitrogens with zero attached hydrogens (tertiary/aromatic N) is 3. The lowest BCUT2D eigenvalue weighted by atomic mass is 9.90. The van der Waals surface area contributed by atoms with E-state index in [9.17, 15) is 37.1 Å². The fourth-order valence-corrected chi connectivity index (χ4v) is 10.7. The molecule has 2 aromatic heterocycles. The Kier molecular flexibility index (Phi) is 17.0. The number of anilines is 1. The first-order chi connectivity index (χ1) is 26.2. The number of carbonyl (C=O) groups excluding carboxylic acids is 2. The smallest absolute Gasteiger partial charge is 0.438 e. The third-order valence-electron chi connectivity index (χ3n) is 9.63. The molecule has 3 fully saturated rings. The molecule has 0 bridgehead atoms. The van der Waals surface area contributed by atoms with E-state index >= 15 is 0 Å². The van der Waals surface area contributed by atoms with Gasteiger partial charge in [0.05, 0.1) is 11.4 Å². The average Bonchev–Trinajstić information content (AvgIpc) is 3.77. The highest BCUT2D eigenvalue weighted by Crippen LogP contribution is 2.46. The summed E-state index contributed by atoms with van der Waals surface area (Å²) in [7, 11) is -9.12. The Bertz CT molecular complexity index is 1790. The van der Waals surface area contributed by atoms with Crippen LogP contribution in [0.15, 0.2) is 12.3 Å². The van der Waals surface area contributed by atoms with E-state index in [-0.39, 0.29) is 35.2 Å². The van der Waals surface area contributed by atoms with Gasteiger partial charge in [0.15, 0.2) is 38.9 Å². The lowest BCUT2D eigenvalue weighted by Crippen LogP contribution is -2.36. The molecular formula is C36H53ClFN4O11PS. The van der Waals surface area contributed by atoms with E-state index in [2.05, 4.69) is 33.4 Å². The van der Waals surface area contributed by atoms with E-state index in [4.69, 9.17) is 25.8 Å². The van der Waals surface area contributed by atoms with Crippen molar-refractivity contribution in [3.05, 3.63) is 23.0 Å². The van der Waals surface area contributed by atoms with Gasteiger partial charge in [0, 0.05) is 24.5 Å².